The van der Waals surface area contributed by atoms with E-state index in [9.17, 15) is 9.18 Å². The monoisotopic (exact) mass is 379 g/mol. The van der Waals surface area contributed by atoms with Gasteiger partial charge in [0.1, 0.15) is 11.6 Å². The molecule has 0 saturated carbocycles. The topological polar surface area (TPSA) is 84.3 Å². The summed E-state index contributed by atoms with van der Waals surface area (Å²) in [7, 11) is 0. The molecule has 0 radical (unpaired) electrons. The summed E-state index contributed by atoms with van der Waals surface area (Å²) in [5.41, 5.74) is 1.84. The van der Waals surface area contributed by atoms with Crippen molar-refractivity contribution in [3.8, 4) is 17.1 Å². The summed E-state index contributed by atoms with van der Waals surface area (Å²) >= 11 is 0. The number of H-pyrrole nitrogens is 1. The van der Waals surface area contributed by atoms with E-state index in [0.29, 0.717) is 24.7 Å². The van der Waals surface area contributed by atoms with Crippen LogP contribution in [0.2, 0.25) is 0 Å². The number of nitrogens with one attached hydrogen (secondary N) is 2. The zero-order chi connectivity index (χ0) is 19.5. The quantitative estimate of drug-likeness (QED) is 0.537. The fraction of sp³-hybridized carbons (Fsp3) is 0.150. The Morgan fingerprint density at radius 1 is 1.11 bits per heavy atom. The SMILES string of the molecule is CCOc1ccc(-c2nc3nc(CNc4ccc(F)cc4)cc(=O)n3[nH]2)cc1. The van der Waals surface area contributed by atoms with Crippen LogP contribution in [0.3, 0.4) is 0 Å². The average Bonchev–Trinajstić information content (AvgIpc) is 3.13. The Balaban J connectivity index is 1.58. The Morgan fingerprint density at radius 3 is 2.57 bits per heavy atom. The lowest BCUT2D eigenvalue weighted by Gasteiger charge is -2.05. The van der Waals surface area contributed by atoms with Crippen LogP contribution in [0.5, 0.6) is 5.75 Å². The predicted molar refractivity (Wildman–Crippen MR) is 104 cm³/mol. The number of aromatic amines is 1. The van der Waals surface area contributed by atoms with Crippen LogP contribution in [-0.2, 0) is 6.54 Å². The largest absolute Gasteiger partial charge is 0.494 e. The number of anilines is 1. The van der Waals surface area contributed by atoms with Crippen LogP contribution in [0, 0.1) is 5.82 Å². The lowest BCUT2D eigenvalue weighted by Crippen LogP contribution is -2.17. The summed E-state index contributed by atoms with van der Waals surface area (Å²) in [5, 5.41) is 6.07. The van der Waals surface area contributed by atoms with Crippen molar-refractivity contribution in [2.45, 2.75) is 13.5 Å². The van der Waals surface area contributed by atoms with Gasteiger partial charge in [0.05, 0.1) is 18.8 Å². The van der Waals surface area contributed by atoms with E-state index in [1.54, 1.807) is 12.1 Å². The molecule has 0 bridgehead atoms. The first-order chi connectivity index (χ1) is 13.6. The number of nitrogens with zero attached hydrogens (tertiary/aromatic N) is 3. The van der Waals surface area contributed by atoms with Crippen molar-refractivity contribution in [3.05, 3.63) is 76.5 Å². The molecule has 4 aromatic rings. The average molecular weight is 379 g/mol. The van der Waals surface area contributed by atoms with E-state index in [1.165, 1.54) is 22.7 Å². The molecule has 0 unspecified atom stereocenters. The van der Waals surface area contributed by atoms with Crippen LogP contribution >= 0.6 is 0 Å². The van der Waals surface area contributed by atoms with E-state index < -0.39 is 0 Å². The molecule has 0 atom stereocenters. The van der Waals surface area contributed by atoms with Crippen LogP contribution < -0.4 is 15.6 Å². The van der Waals surface area contributed by atoms with Crippen molar-refractivity contribution in [3.63, 3.8) is 0 Å². The highest BCUT2D eigenvalue weighted by Crippen LogP contribution is 2.19. The number of benzene rings is 2. The number of halogens is 1. The van der Waals surface area contributed by atoms with Gasteiger partial charge < -0.3 is 10.1 Å². The van der Waals surface area contributed by atoms with E-state index >= 15 is 0 Å². The van der Waals surface area contributed by atoms with Crippen molar-refractivity contribution < 1.29 is 9.13 Å². The van der Waals surface area contributed by atoms with E-state index in [4.69, 9.17) is 4.74 Å². The van der Waals surface area contributed by atoms with Gasteiger partial charge in [0, 0.05) is 17.3 Å². The van der Waals surface area contributed by atoms with Gasteiger partial charge in [0.25, 0.3) is 11.3 Å². The molecule has 0 aliphatic heterocycles. The molecule has 4 rings (SSSR count). The second-order valence-electron chi connectivity index (χ2n) is 6.11. The van der Waals surface area contributed by atoms with Crippen LogP contribution in [0.4, 0.5) is 10.1 Å². The molecule has 2 N–H and O–H groups in total. The molecule has 0 fully saturated rings. The highest BCUT2D eigenvalue weighted by Gasteiger charge is 2.10. The number of fused-ring (bicyclic) bond motifs is 1. The van der Waals surface area contributed by atoms with Crippen LogP contribution in [0.25, 0.3) is 17.2 Å². The molecule has 0 amide bonds. The standard InChI is InChI=1S/C20H18FN5O2/c1-2-28-17-9-3-13(4-10-17)19-24-20-23-16(11-18(27)26(20)25-19)12-22-15-7-5-14(21)6-8-15/h3-11,22H,2,12H2,1H3,(H,23,24,25). The minimum absolute atomic E-state index is 0.259. The summed E-state index contributed by atoms with van der Waals surface area (Å²) in [4.78, 5) is 21.2. The molecule has 2 aromatic carbocycles. The Bertz CT molecular complexity index is 1150. The highest BCUT2D eigenvalue weighted by atomic mass is 19.1. The molecule has 0 aliphatic carbocycles. The Morgan fingerprint density at radius 2 is 1.86 bits per heavy atom. The maximum atomic E-state index is 13.0. The first-order valence-corrected chi connectivity index (χ1v) is 8.84. The van der Waals surface area contributed by atoms with Gasteiger partial charge in [0.2, 0.25) is 0 Å². The van der Waals surface area contributed by atoms with E-state index in [-0.39, 0.29) is 17.2 Å². The Labute approximate surface area is 159 Å². The van der Waals surface area contributed by atoms with E-state index in [0.717, 1.165) is 17.0 Å². The number of hydrogen-bond acceptors (Lipinski definition) is 5. The van der Waals surface area contributed by atoms with Gasteiger partial charge in [0.15, 0.2) is 5.82 Å². The van der Waals surface area contributed by atoms with Gasteiger partial charge in [-0.1, -0.05) is 0 Å². The second kappa shape index (κ2) is 7.51. The third-order valence-electron chi connectivity index (χ3n) is 4.14. The molecule has 2 aromatic heterocycles. The molecule has 7 nitrogen and oxygen atoms in total. The molecule has 2 heterocycles. The zero-order valence-electron chi connectivity index (χ0n) is 15.1. The first-order valence-electron chi connectivity index (χ1n) is 8.84. The molecule has 0 saturated heterocycles. The summed E-state index contributed by atoms with van der Waals surface area (Å²) in [5.74, 6) is 1.29. The first kappa shape index (κ1) is 17.7. The molecule has 142 valence electrons. The normalized spacial score (nSPS) is 10.9. The minimum Gasteiger partial charge on any atom is -0.494 e. The second-order valence-corrected chi connectivity index (χ2v) is 6.11. The number of aromatic nitrogens is 4. The van der Waals surface area contributed by atoms with Crippen molar-refractivity contribution in [2.75, 3.05) is 11.9 Å². The van der Waals surface area contributed by atoms with Crippen molar-refractivity contribution in [1.29, 1.82) is 0 Å². The van der Waals surface area contributed by atoms with Crippen molar-refractivity contribution >= 4 is 11.5 Å². The Hall–Kier alpha value is -3.68. The molecule has 0 aliphatic rings. The minimum atomic E-state index is -0.304. The van der Waals surface area contributed by atoms with Gasteiger partial charge >= 0.3 is 0 Å². The third kappa shape index (κ3) is 3.71. The van der Waals surface area contributed by atoms with E-state index in [2.05, 4.69) is 20.4 Å². The summed E-state index contributed by atoms with van der Waals surface area (Å²) in [6.07, 6.45) is 0. The smallest absolute Gasteiger partial charge is 0.274 e. The summed E-state index contributed by atoms with van der Waals surface area (Å²) in [6, 6.07) is 14.8. The Kier molecular flexibility index (Phi) is 4.76. The lowest BCUT2D eigenvalue weighted by molar-refractivity contribution is 0.340. The zero-order valence-corrected chi connectivity index (χ0v) is 15.1. The number of ether oxygens (including phenoxy) is 1. The summed E-state index contributed by atoms with van der Waals surface area (Å²) in [6.45, 7) is 2.84. The highest BCUT2D eigenvalue weighted by molar-refractivity contribution is 5.58. The fourth-order valence-corrected chi connectivity index (χ4v) is 2.78. The van der Waals surface area contributed by atoms with Gasteiger partial charge in [-0.3, -0.25) is 9.89 Å². The van der Waals surface area contributed by atoms with Gasteiger partial charge in [-0.05, 0) is 55.5 Å². The number of rotatable bonds is 6. The van der Waals surface area contributed by atoms with Gasteiger partial charge in [-0.2, -0.15) is 9.50 Å². The lowest BCUT2D eigenvalue weighted by atomic mass is 10.2. The molecule has 0 spiro atoms. The molecular formula is C20H18FN5O2. The fourth-order valence-electron chi connectivity index (χ4n) is 2.78. The van der Waals surface area contributed by atoms with Crippen molar-refractivity contribution in [2.24, 2.45) is 0 Å². The van der Waals surface area contributed by atoms with Gasteiger partial charge in [-0.25, -0.2) is 9.37 Å². The molecule has 28 heavy (non-hydrogen) atoms. The van der Waals surface area contributed by atoms with E-state index in [1.807, 2.05) is 31.2 Å². The van der Waals surface area contributed by atoms with Crippen LogP contribution in [0.1, 0.15) is 12.6 Å². The maximum Gasteiger partial charge on any atom is 0.274 e. The summed E-state index contributed by atoms with van der Waals surface area (Å²) < 4.78 is 19.7. The predicted octanol–water partition coefficient (Wildman–Crippen LogP) is 3.23. The molecule has 8 heteroatoms. The van der Waals surface area contributed by atoms with Crippen molar-refractivity contribution in [1.82, 2.24) is 19.6 Å². The van der Waals surface area contributed by atoms with Crippen LogP contribution in [0.15, 0.2) is 59.4 Å². The molecular weight excluding hydrogens is 361 g/mol. The maximum absolute atomic E-state index is 13.0. The van der Waals surface area contributed by atoms with Gasteiger partial charge in [-0.15, -0.1) is 0 Å². The van der Waals surface area contributed by atoms with Crippen LogP contribution in [-0.4, -0.2) is 26.2 Å². The number of hydrogen-bond donors (Lipinski definition) is 2. The third-order valence-corrected chi connectivity index (χ3v) is 4.14.